The Morgan fingerprint density at radius 1 is 1.35 bits per heavy atom. The molecule has 2 rings (SSSR count). The van der Waals surface area contributed by atoms with E-state index in [1.807, 2.05) is 0 Å². The lowest BCUT2D eigenvalue weighted by Crippen LogP contribution is -2.31. The Kier molecular flexibility index (Phi) is 4.19. The summed E-state index contributed by atoms with van der Waals surface area (Å²) in [5.74, 6) is 0.674. The summed E-state index contributed by atoms with van der Waals surface area (Å²) in [4.78, 5) is 2.60. The zero-order valence-corrected chi connectivity index (χ0v) is 11.0. The van der Waals surface area contributed by atoms with Gasteiger partial charge >= 0.3 is 0 Å². The molecule has 1 aliphatic rings. The van der Waals surface area contributed by atoms with Crippen molar-refractivity contribution in [1.82, 2.24) is 4.90 Å². The minimum atomic E-state index is 0.327. The molecule has 94 valence electrons. The monoisotopic (exact) mass is 232 g/mol. The lowest BCUT2D eigenvalue weighted by atomic mass is 10.0. The Bertz CT molecular complexity index is 334. The predicted molar refractivity (Wildman–Crippen MR) is 72.8 cm³/mol. The molecule has 1 aliphatic heterocycles. The third-order valence-corrected chi connectivity index (χ3v) is 4.01. The van der Waals surface area contributed by atoms with Crippen molar-refractivity contribution in [2.24, 2.45) is 11.7 Å². The number of hydrogen-bond acceptors (Lipinski definition) is 2. The van der Waals surface area contributed by atoms with E-state index in [9.17, 15) is 0 Å². The maximum Gasteiger partial charge on any atom is 0.0345 e. The van der Waals surface area contributed by atoms with Gasteiger partial charge in [0.2, 0.25) is 0 Å². The Balaban J connectivity index is 2.06. The highest BCUT2D eigenvalue weighted by atomic mass is 15.2. The van der Waals surface area contributed by atoms with Crippen LogP contribution in [0.15, 0.2) is 30.3 Å². The lowest BCUT2D eigenvalue weighted by molar-refractivity contribution is 0.227. The fourth-order valence-corrected chi connectivity index (χ4v) is 2.91. The van der Waals surface area contributed by atoms with E-state index >= 15 is 0 Å². The Morgan fingerprint density at radius 3 is 2.59 bits per heavy atom. The van der Waals surface area contributed by atoms with Gasteiger partial charge in [-0.25, -0.2) is 0 Å². The van der Waals surface area contributed by atoms with Gasteiger partial charge in [0.15, 0.2) is 0 Å². The highest BCUT2D eigenvalue weighted by molar-refractivity contribution is 5.19. The molecule has 1 fully saturated rings. The van der Waals surface area contributed by atoms with Crippen LogP contribution < -0.4 is 5.73 Å². The number of nitrogens with two attached hydrogens (primary N) is 1. The second kappa shape index (κ2) is 5.65. The summed E-state index contributed by atoms with van der Waals surface area (Å²) in [6, 6.07) is 11.7. The van der Waals surface area contributed by atoms with E-state index < -0.39 is 0 Å². The quantitative estimate of drug-likeness (QED) is 0.865. The number of benzene rings is 1. The van der Waals surface area contributed by atoms with Crippen molar-refractivity contribution in [1.29, 1.82) is 0 Å². The zero-order valence-electron chi connectivity index (χ0n) is 11.0. The predicted octanol–water partition coefficient (Wildman–Crippen LogP) is 2.81. The van der Waals surface area contributed by atoms with E-state index in [1.54, 1.807) is 0 Å². The first kappa shape index (κ1) is 12.6. The Hall–Kier alpha value is -0.860. The average Bonchev–Trinajstić information content (AvgIpc) is 2.81. The molecule has 3 atom stereocenters. The molecule has 0 aliphatic carbocycles. The summed E-state index contributed by atoms with van der Waals surface area (Å²) in [5.41, 5.74) is 7.46. The molecule has 0 radical (unpaired) electrons. The van der Waals surface area contributed by atoms with Gasteiger partial charge in [-0.1, -0.05) is 37.3 Å². The van der Waals surface area contributed by atoms with E-state index in [1.165, 1.54) is 24.9 Å². The number of nitrogens with zero attached hydrogens (tertiary/aromatic N) is 1. The molecule has 1 aromatic rings. The van der Waals surface area contributed by atoms with E-state index in [2.05, 4.69) is 49.1 Å². The number of rotatable bonds is 4. The largest absolute Gasteiger partial charge is 0.328 e. The second-order valence-electron chi connectivity index (χ2n) is 5.24. The minimum absolute atomic E-state index is 0.327. The molecule has 17 heavy (non-hydrogen) atoms. The maximum absolute atomic E-state index is 6.01. The number of likely N-dealkylation sites (tertiary alicyclic amines) is 1. The molecular weight excluding hydrogens is 208 g/mol. The van der Waals surface area contributed by atoms with Crippen molar-refractivity contribution in [3.05, 3.63) is 35.9 Å². The highest BCUT2D eigenvalue weighted by Gasteiger charge is 2.29. The van der Waals surface area contributed by atoms with Gasteiger partial charge in [-0.05, 0) is 37.8 Å². The van der Waals surface area contributed by atoms with E-state index in [0.717, 1.165) is 6.54 Å². The summed E-state index contributed by atoms with van der Waals surface area (Å²) in [6.07, 6.45) is 2.43. The summed E-state index contributed by atoms with van der Waals surface area (Å²) < 4.78 is 0. The van der Waals surface area contributed by atoms with Crippen LogP contribution in [0.25, 0.3) is 0 Å². The molecule has 0 amide bonds. The topological polar surface area (TPSA) is 29.3 Å². The third kappa shape index (κ3) is 2.88. The molecule has 0 aromatic heterocycles. The van der Waals surface area contributed by atoms with Crippen molar-refractivity contribution in [3.8, 4) is 0 Å². The lowest BCUT2D eigenvalue weighted by Gasteiger charge is -2.27. The van der Waals surface area contributed by atoms with Crippen LogP contribution in [-0.2, 0) is 0 Å². The molecule has 3 unspecified atom stereocenters. The maximum atomic E-state index is 6.01. The van der Waals surface area contributed by atoms with Crippen molar-refractivity contribution in [3.63, 3.8) is 0 Å². The zero-order chi connectivity index (χ0) is 12.3. The van der Waals surface area contributed by atoms with Gasteiger partial charge in [-0.3, -0.25) is 4.90 Å². The molecule has 1 aromatic carbocycles. The van der Waals surface area contributed by atoms with Gasteiger partial charge in [0.05, 0.1) is 0 Å². The molecule has 0 saturated carbocycles. The molecule has 2 N–H and O–H groups in total. The highest BCUT2D eigenvalue weighted by Crippen LogP contribution is 2.30. The van der Waals surface area contributed by atoms with Crippen LogP contribution in [-0.4, -0.2) is 24.0 Å². The first-order valence-corrected chi connectivity index (χ1v) is 6.77. The molecule has 2 heteroatoms. The van der Waals surface area contributed by atoms with Crippen LogP contribution in [0.2, 0.25) is 0 Å². The van der Waals surface area contributed by atoms with E-state index in [4.69, 9.17) is 5.73 Å². The van der Waals surface area contributed by atoms with Gasteiger partial charge in [-0.2, -0.15) is 0 Å². The Morgan fingerprint density at radius 2 is 2.06 bits per heavy atom. The van der Waals surface area contributed by atoms with Crippen LogP contribution in [0.4, 0.5) is 0 Å². The first-order valence-electron chi connectivity index (χ1n) is 6.77. The molecule has 1 heterocycles. The normalized spacial score (nSPS) is 24.8. The van der Waals surface area contributed by atoms with Gasteiger partial charge in [0, 0.05) is 18.6 Å². The SMILES string of the molecule is CCC(c1ccccc1)N1CCC(C(C)N)C1. The van der Waals surface area contributed by atoms with Crippen molar-refractivity contribution >= 4 is 0 Å². The summed E-state index contributed by atoms with van der Waals surface area (Å²) >= 11 is 0. The number of hydrogen-bond donors (Lipinski definition) is 1. The molecular formula is C15H24N2. The third-order valence-electron chi connectivity index (χ3n) is 4.01. The van der Waals surface area contributed by atoms with Gasteiger partial charge < -0.3 is 5.73 Å². The fourth-order valence-electron chi connectivity index (χ4n) is 2.91. The molecule has 2 nitrogen and oxygen atoms in total. The molecule has 0 bridgehead atoms. The van der Waals surface area contributed by atoms with Crippen LogP contribution in [0, 0.1) is 5.92 Å². The standard InChI is InChI=1S/C15H24N2/c1-3-15(13-7-5-4-6-8-13)17-10-9-14(11-17)12(2)16/h4-8,12,14-15H,3,9-11,16H2,1-2H3. The minimum Gasteiger partial charge on any atom is -0.328 e. The van der Waals surface area contributed by atoms with Crippen molar-refractivity contribution < 1.29 is 0 Å². The van der Waals surface area contributed by atoms with Gasteiger partial charge in [-0.15, -0.1) is 0 Å². The van der Waals surface area contributed by atoms with Crippen molar-refractivity contribution in [2.45, 2.75) is 38.8 Å². The van der Waals surface area contributed by atoms with Crippen LogP contribution >= 0.6 is 0 Å². The molecule has 0 spiro atoms. The van der Waals surface area contributed by atoms with E-state index in [0.29, 0.717) is 18.0 Å². The van der Waals surface area contributed by atoms with Crippen molar-refractivity contribution in [2.75, 3.05) is 13.1 Å². The average molecular weight is 232 g/mol. The molecule has 1 saturated heterocycles. The fraction of sp³-hybridized carbons (Fsp3) is 0.600. The van der Waals surface area contributed by atoms with Gasteiger partial charge in [0.1, 0.15) is 0 Å². The van der Waals surface area contributed by atoms with Gasteiger partial charge in [0.25, 0.3) is 0 Å². The van der Waals surface area contributed by atoms with Crippen LogP contribution in [0.5, 0.6) is 0 Å². The van der Waals surface area contributed by atoms with Crippen LogP contribution in [0.1, 0.15) is 38.3 Å². The smallest absolute Gasteiger partial charge is 0.0345 e. The summed E-state index contributed by atoms with van der Waals surface area (Å²) in [5, 5.41) is 0. The van der Waals surface area contributed by atoms with E-state index in [-0.39, 0.29) is 0 Å². The van der Waals surface area contributed by atoms with Crippen LogP contribution in [0.3, 0.4) is 0 Å². The summed E-state index contributed by atoms with van der Waals surface area (Å²) in [7, 11) is 0. The first-order chi connectivity index (χ1) is 8.22. The Labute approximate surface area is 105 Å². The summed E-state index contributed by atoms with van der Waals surface area (Å²) in [6.45, 7) is 6.76. The second-order valence-corrected chi connectivity index (χ2v) is 5.24.